The van der Waals surface area contributed by atoms with Crippen molar-refractivity contribution in [3.8, 4) is 10.6 Å². The average molecular weight is 495 g/mol. The van der Waals surface area contributed by atoms with Crippen LogP contribution in [0.5, 0.6) is 0 Å². The standard InChI is InChI=1S/C26H30N4O2S2/c1-19-12-14-20(15-13-19)25-28-29-26(34-25)27-23(31)16-17-30(21-8-4-2-5-9-21)24(32)18-33-22-10-6-3-7-11-22/h3,6-7,10-15,21H,2,4-5,8-9,16-18H2,1H3,(H,27,29,31). The zero-order valence-electron chi connectivity index (χ0n) is 19.4. The van der Waals surface area contributed by atoms with Crippen LogP contribution in [0.1, 0.15) is 44.1 Å². The largest absolute Gasteiger partial charge is 0.338 e. The van der Waals surface area contributed by atoms with Crippen LogP contribution < -0.4 is 5.32 Å². The first kappa shape index (κ1) is 24.4. The summed E-state index contributed by atoms with van der Waals surface area (Å²) in [5.41, 5.74) is 2.16. The van der Waals surface area contributed by atoms with Crippen molar-refractivity contribution in [2.45, 2.75) is 56.4 Å². The zero-order chi connectivity index (χ0) is 23.8. The number of amides is 2. The molecule has 1 fully saturated rings. The van der Waals surface area contributed by atoms with Gasteiger partial charge in [0.05, 0.1) is 5.75 Å². The van der Waals surface area contributed by atoms with E-state index in [9.17, 15) is 9.59 Å². The third-order valence-electron chi connectivity index (χ3n) is 5.99. The highest BCUT2D eigenvalue weighted by Crippen LogP contribution is 2.27. The van der Waals surface area contributed by atoms with Gasteiger partial charge in [-0.15, -0.1) is 22.0 Å². The van der Waals surface area contributed by atoms with E-state index in [1.54, 1.807) is 11.8 Å². The van der Waals surface area contributed by atoms with Gasteiger partial charge in [-0.3, -0.25) is 9.59 Å². The molecule has 0 bridgehead atoms. The summed E-state index contributed by atoms with van der Waals surface area (Å²) < 4.78 is 0. The summed E-state index contributed by atoms with van der Waals surface area (Å²) in [7, 11) is 0. The molecule has 0 aliphatic heterocycles. The first-order valence-electron chi connectivity index (χ1n) is 11.8. The molecule has 4 rings (SSSR count). The monoisotopic (exact) mass is 494 g/mol. The maximum absolute atomic E-state index is 13.1. The van der Waals surface area contributed by atoms with E-state index in [-0.39, 0.29) is 24.3 Å². The highest BCUT2D eigenvalue weighted by molar-refractivity contribution is 8.00. The van der Waals surface area contributed by atoms with Gasteiger partial charge >= 0.3 is 0 Å². The second-order valence-electron chi connectivity index (χ2n) is 8.56. The Morgan fingerprint density at radius 3 is 2.50 bits per heavy atom. The predicted octanol–water partition coefficient (Wildman–Crippen LogP) is 5.80. The number of thioether (sulfide) groups is 1. The summed E-state index contributed by atoms with van der Waals surface area (Å²) in [5.74, 6) is 0.348. The van der Waals surface area contributed by atoms with E-state index in [2.05, 4.69) is 15.5 Å². The van der Waals surface area contributed by atoms with E-state index in [1.807, 2.05) is 66.4 Å². The topological polar surface area (TPSA) is 75.2 Å². The summed E-state index contributed by atoms with van der Waals surface area (Å²) in [6.45, 7) is 2.46. The maximum Gasteiger partial charge on any atom is 0.233 e. The number of aryl methyl sites for hydroxylation is 1. The van der Waals surface area contributed by atoms with E-state index in [0.29, 0.717) is 17.4 Å². The minimum atomic E-state index is -0.143. The number of carbonyl (C=O) groups is 2. The van der Waals surface area contributed by atoms with E-state index in [0.717, 1.165) is 41.1 Å². The maximum atomic E-state index is 13.1. The fraction of sp³-hybridized carbons (Fsp3) is 0.385. The van der Waals surface area contributed by atoms with Gasteiger partial charge in [-0.25, -0.2) is 0 Å². The summed E-state index contributed by atoms with van der Waals surface area (Å²) in [5, 5.41) is 12.4. The quantitative estimate of drug-likeness (QED) is 0.381. The molecule has 178 valence electrons. The van der Waals surface area contributed by atoms with Crippen molar-refractivity contribution in [3.05, 3.63) is 60.2 Å². The number of rotatable bonds is 9. The Labute approximate surface area is 209 Å². The lowest BCUT2D eigenvalue weighted by molar-refractivity contribution is -0.131. The number of nitrogens with one attached hydrogen (secondary N) is 1. The van der Waals surface area contributed by atoms with Crippen LogP contribution in [0.4, 0.5) is 5.13 Å². The van der Waals surface area contributed by atoms with Crippen molar-refractivity contribution < 1.29 is 9.59 Å². The normalized spacial score (nSPS) is 14.0. The van der Waals surface area contributed by atoms with E-state index < -0.39 is 0 Å². The molecule has 1 N–H and O–H groups in total. The van der Waals surface area contributed by atoms with Crippen molar-refractivity contribution in [1.82, 2.24) is 15.1 Å². The highest BCUT2D eigenvalue weighted by atomic mass is 32.2. The predicted molar refractivity (Wildman–Crippen MR) is 139 cm³/mol. The van der Waals surface area contributed by atoms with Crippen LogP contribution in [0.2, 0.25) is 0 Å². The van der Waals surface area contributed by atoms with Gasteiger partial charge in [0.15, 0.2) is 0 Å². The van der Waals surface area contributed by atoms with Gasteiger partial charge in [0.25, 0.3) is 0 Å². The molecule has 1 aromatic heterocycles. The number of carbonyl (C=O) groups excluding carboxylic acids is 2. The van der Waals surface area contributed by atoms with E-state index in [4.69, 9.17) is 0 Å². The molecular weight excluding hydrogens is 464 g/mol. The summed E-state index contributed by atoms with van der Waals surface area (Å²) in [6.07, 6.45) is 5.77. The summed E-state index contributed by atoms with van der Waals surface area (Å²) in [4.78, 5) is 28.8. The van der Waals surface area contributed by atoms with Gasteiger partial charge in [-0.1, -0.05) is 78.6 Å². The van der Waals surface area contributed by atoms with Crippen LogP contribution >= 0.6 is 23.1 Å². The van der Waals surface area contributed by atoms with Crippen molar-refractivity contribution in [2.24, 2.45) is 0 Å². The lowest BCUT2D eigenvalue weighted by atomic mass is 9.94. The van der Waals surface area contributed by atoms with Crippen LogP contribution in [0.15, 0.2) is 59.5 Å². The Morgan fingerprint density at radius 1 is 1.03 bits per heavy atom. The second kappa shape index (κ2) is 12.1. The van der Waals surface area contributed by atoms with Crippen LogP contribution in [-0.4, -0.2) is 45.3 Å². The van der Waals surface area contributed by atoms with Crippen molar-refractivity contribution >= 4 is 40.0 Å². The molecule has 0 atom stereocenters. The lowest BCUT2D eigenvalue weighted by Crippen LogP contribution is -2.43. The molecule has 1 saturated carbocycles. The minimum Gasteiger partial charge on any atom is -0.338 e. The number of aromatic nitrogens is 2. The Balaban J connectivity index is 1.33. The number of hydrogen-bond acceptors (Lipinski definition) is 6. The third kappa shape index (κ3) is 6.90. The van der Waals surface area contributed by atoms with Gasteiger partial charge in [-0.2, -0.15) is 0 Å². The molecule has 6 nitrogen and oxygen atoms in total. The molecule has 0 radical (unpaired) electrons. The van der Waals surface area contributed by atoms with Gasteiger partial charge in [0.1, 0.15) is 5.01 Å². The highest BCUT2D eigenvalue weighted by Gasteiger charge is 2.26. The number of benzene rings is 2. The second-order valence-corrected chi connectivity index (χ2v) is 10.6. The Kier molecular flexibility index (Phi) is 8.71. The fourth-order valence-corrected chi connectivity index (χ4v) is 5.71. The molecular formula is C26H30N4O2S2. The molecule has 0 saturated heterocycles. The van der Waals surface area contributed by atoms with Gasteiger partial charge < -0.3 is 10.2 Å². The molecule has 1 aliphatic carbocycles. The fourth-order valence-electron chi connectivity index (χ4n) is 4.14. The van der Waals surface area contributed by atoms with Crippen LogP contribution in [-0.2, 0) is 9.59 Å². The van der Waals surface area contributed by atoms with Gasteiger partial charge in [0, 0.05) is 29.5 Å². The molecule has 3 aromatic rings. The molecule has 0 spiro atoms. The van der Waals surface area contributed by atoms with Gasteiger partial charge in [-0.05, 0) is 31.9 Å². The number of hydrogen-bond donors (Lipinski definition) is 1. The zero-order valence-corrected chi connectivity index (χ0v) is 21.0. The number of nitrogens with zero attached hydrogens (tertiary/aromatic N) is 3. The Bertz CT molecular complexity index is 1080. The summed E-state index contributed by atoms with van der Waals surface area (Å²) >= 11 is 2.91. The van der Waals surface area contributed by atoms with Crippen LogP contribution in [0.3, 0.4) is 0 Å². The smallest absolute Gasteiger partial charge is 0.233 e. The molecule has 8 heteroatoms. The summed E-state index contributed by atoms with van der Waals surface area (Å²) in [6, 6.07) is 18.3. The molecule has 2 amide bonds. The molecule has 1 heterocycles. The number of anilines is 1. The first-order chi connectivity index (χ1) is 16.6. The van der Waals surface area contributed by atoms with E-state index >= 15 is 0 Å². The van der Waals surface area contributed by atoms with Crippen LogP contribution in [0.25, 0.3) is 10.6 Å². The molecule has 34 heavy (non-hydrogen) atoms. The molecule has 2 aromatic carbocycles. The first-order valence-corrected chi connectivity index (χ1v) is 13.6. The Morgan fingerprint density at radius 2 is 1.76 bits per heavy atom. The Hall–Kier alpha value is -2.71. The van der Waals surface area contributed by atoms with Crippen molar-refractivity contribution in [3.63, 3.8) is 0 Å². The van der Waals surface area contributed by atoms with Crippen molar-refractivity contribution in [2.75, 3.05) is 17.6 Å². The van der Waals surface area contributed by atoms with Crippen molar-refractivity contribution in [1.29, 1.82) is 0 Å². The van der Waals surface area contributed by atoms with Crippen LogP contribution in [0, 0.1) is 6.92 Å². The lowest BCUT2D eigenvalue weighted by Gasteiger charge is -2.34. The molecule has 0 unspecified atom stereocenters. The minimum absolute atomic E-state index is 0.103. The third-order valence-corrected chi connectivity index (χ3v) is 7.88. The van der Waals surface area contributed by atoms with E-state index in [1.165, 1.54) is 23.3 Å². The van der Waals surface area contributed by atoms with Gasteiger partial charge in [0.2, 0.25) is 16.9 Å². The molecule has 1 aliphatic rings. The average Bonchev–Trinajstić information content (AvgIpc) is 3.33. The SMILES string of the molecule is Cc1ccc(-c2nnc(NC(=O)CCN(C(=O)CSc3ccccc3)C3CCCCC3)s2)cc1.